The van der Waals surface area contributed by atoms with Gasteiger partial charge in [-0.1, -0.05) is 79.3 Å². The van der Waals surface area contributed by atoms with Crippen molar-refractivity contribution in [2.45, 2.75) is 36.9 Å². The number of nitrogens with zero attached hydrogens (tertiary/aromatic N) is 3. The van der Waals surface area contributed by atoms with Crippen molar-refractivity contribution in [1.82, 2.24) is 9.29 Å². The topological polar surface area (TPSA) is 108 Å². The lowest BCUT2D eigenvalue weighted by molar-refractivity contribution is -0.117. The van der Waals surface area contributed by atoms with E-state index < -0.39 is 33.5 Å². The molecule has 1 aliphatic heterocycles. The zero-order valence-electron chi connectivity index (χ0n) is 20.6. The lowest BCUT2D eigenvalue weighted by Gasteiger charge is -2.25. The standard InChI is InChI=1S/C26H27N3O5S2/c1-15(2)17-10-12-18(13-11-17)22-21(23(30)19-8-6-16(3)7-9-19)24(31)25(32)29(22)26-27-14-20(35-26)36(33,34)28(4)5/h6-15,22,31H,1-5H3. The minimum atomic E-state index is -3.78. The number of ketones is 1. The molecule has 0 radical (unpaired) electrons. The molecule has 2 aromatic carbocycles. The quantitative estimate of drug-likeness (QED) is 0.452. The number of hydrogen-bond acceptors (Lipinski definition) is 7. The Morgan fingerprint density at radius 2 is 1.69 bits per heavy atom. The van der Waals surface area contributed by atoms with Gasteiger partial charge >= 0.3 is 0 Å². The summed E-state index contributed by atoms with van der Waals surface area (Å²) in [4.78, 5) is 32.3. The van der Waals surface area contributed by atoms with Crippen LogP contribution >= 0.6 is 11.3 Å². The molecule has 4 rings (SSSR count). The molecule has 0 saturated heterocycles. The van der Waals surface area contributed by atoms with Crippen LogP contribution in [0.2, 0.25) is 0 Å². The largest absolute Gasteiger partial charge is 0.503 e. The summed E-state index contributed by atoms with van der Waals surface area (Å²) in [5, 5.41) is 11.0. The number of aliphatic hydroxyl groups is 1. The molecule has 0 aliphatic carbocycles. The van der Waals surface area contributed by atoms with E-state index in [1.54, 1.807) is 24.3 Å². The molecule has 1 N–H and O–H groups in total. The maximum absolute atomic E-state index is 13.6. The van der Waals surface area contributed by atoms with Crippen LogP contribution in [0.3, 0.4) is 0 Å². The van der Waals surface area contributed by atoms with Gasteiger partial charge in [0.2, 0.25) is 0 Å². The number of thiazole rings is 1. The van der Waals surface area contributed by atoms with Crippen LogP contribution in [0, 0.1) is 6.92 Å². The first-order valence-corrected chi connectivity index (χ1v) is 13.6. The van der Waals surface area contributed by atoms with Gasteiger partial charge in [0, 0.05) is 19.7 Å². The molecule has 1 atom stereocenters. The first-order chi connectivity index (χ1) is 16.9. The number of carbonyl (C=O) groups is 2. The van der Waals surface area contributed by atoms with Crippen molar-refractivity contribution in [3.8, 4) is 0 Å². The maximum atomic E-state index is 13.6. The predicted molar refractivity (Wildman–Crippen MR) is 139 cm³/mol. The van der Waals surface area contributed by atoms with E-state index in [2.05, 4.69) is 18.8 Å². The summed E-state index contributed by atoms with van der Waals surface area (Å²) in [5.74, 6) is -1.70. The van der Waals surface area contributed by atoms with Gasteiger partial charge in [-0.3, -0.25) is 14.5 Å². The fourth-order valence-corrected chi connectivity index (χ4v) is 6.25. The number of amides is 1. The Balaban J connectivity index is 1.86. The molecule has 1 unspecified atom stereocenters. The molecule has 36 heavy (non-hydrogen) atoms. The van der Waals surface area contributed by atoms with Crippen LogP contribution in [0.5, 0.6) is 0 Å². The lowest BCUT2D eigenvalue weighted by atomic mass is 9.91. The number of aryl methyl sites for hydroxylation is 1. The van der Waals surface area contributed by atoms with E-state index in [0.717, 1.165) is 26.8 Å². The van der Waals surface area contributed by atoms with E-state index in [1.807, 2.05) is 31.2 Å². The molecule has 3 aromatic rings. The molecule has 8 nitrogen and oxygen atoms in total. The zero-order chi connectivity index (χ0) is 26.4. The van der Waals surface area contributed by atoms with Gasteiger partial charge < -0.3 is 5.11 Å². The number of aromatic nitrogens is 1. The Bertz CT molecular complexity index is 1450. The number of hydrogen-bond donors (Lipinski definition) is 1. The summed E-state index contributed by atoms with van der Waals surface area (Å²) < 4.78 is 26.2. The zero-order valence-corrected chi connectivity index (χ0v) is 22.2. The minimum Gasteiger partial charge on any atom is -0.503 e. The van der Waals surface area contributed by atoms with Crippen molar-refractivity contribution in [1.29, 1.82) is 0 Å². The Hall–Kier alpha value is -3.34. The summed E-state index contributed by atoms with van der Waals surface area (Å²) in [5.41, 5.74) is 2.89. The van der Waals surface area contributed by atoms with Crippen LogP contribution in [-0.2, 0) is 14.8 Å². The number of sulfonamides is 1. The highest BCUT2D eigenvalue weighted by Crippen LogP contribution is 2.44. The summed E-state index contributed by atoms with van der Waals surface area (Å²) in [6.07, 6.45) is 1.18. The second-order valence-corrected chi connectivity index (χ2v) is 12.5. The van der Waals surface area contributed by atoms with Crippen LogP contribution in [-0.4, -0.2) is 48.6 Å². The van der Waals surface area contributed by atoms with E-state index in [0.29, 0.717) is 11.1 Å². The number of anilines is 1. The Labute approximate surface area is 214 Å². The van der Waals surface area contributed by atoms with Crippen molar-refractivity contribution in [3.05, 3.63) is 88.3 Å². The first-order valence-electron chi connectivity index (χ1n) is 11.3. The van der Waals surface area contributed by atoms with Gasteiger partial charge in [-0.2, -0.15) is 0 Å². The molecule has 0 fully saturated rings. The summed E-state index contributed by atoms with van der Waals surface area (Å²) >= 11 is 0.804. The summed E-state index contributed by atoms with van der Waals surface area (Å²) in [6, 6.07) is 13.3. The number of Topliss-reactive ketones (excluding diaryl/α,β-unsaturated/α-hetero) is 1. The third-order valence-electron chi connectivity index (χ3n) is 6.10. The molecule has 0 bridgehead atoms. The molecular weight excluding hydrogens is 498 g/mol. The SMILES string of the molecule is Cc1ccc(C(=O)C2=C(O)C(=O)N(c3ncc(S(=O)(=O)N(C)C)s3)C2c2ccc(C(C)C)cc2)cc1. The highest BCUT2D eigenvalue weighted by atomic mass is 32.2. The van der Waals surface area contributed by atoms with E-state index in [1.165, 1.54) is 25.2 Å². The van der Waals surface area contributed by atoms with Crippen molar-refractivity contribution < 1.29 is 23.1 Å². The normalized spacial score (nSPS) is 16.5. The van der Waals surface area contributed by atoms with Gasteiger partial charge in [0.05, 0.1) is 17.8 Å². The van der Waals surface area contributed by atoms with Gasteiger partial charge in [-0.25, -0.2) is 17.7 Å². The molecule has 1 aromatic heterocycles. The lowest BCUT2D eigenvalue weighted by Crippen LogP contribution is -2.31. The van der Waals surface area contributed by atoms with E-state index in [-0.39, 0.29) is 20.8 Å². The molecule has 1 aliphatic rings. The second-order valence-electron chi connectivity index (χ2n) is 9.11. The molecule has 0 spiro atoms. The predicted octanol–water partition coefficient (Wildman–Crippen LogP) is 4.61. The van der Waals surface area contributed by atoms with E-state index in [9.17, 15) is 23.1 Å². The summed E-state index contributed by atoms with van der Waals surface area (Å²) in [7, 11) is -0.976. The fraction of sp³-hybridized carbons (Fsp3) is 0.269. The second kappa shape index (κ2) is 9.61. The van der Waals surface area contributed by atoms with Crippen molar-refractivity contribution in [3.63, 3.8) is 0 Å². The molecule has 2 heterocycles. The summed E-state index contributed by atoms with van der Waals surface area (Å²) in [6.45, 7) is 6.01. The van der Waals surface area contributed by atoms with Gasteiger partial charge in [0.25, 0.3) is 15.9 Å². The average Bonchev–Trinajstić information content (AvgIpc) is 3.43. The molecule has 0 saturated carbocycles. The Morgan fingerprint density at radius 3 is 2.25 bits per heavy atom. The van der Waals surface area contributed by atoms with Crippen molar-refractivity contribution >= 4 is 38.2 Å². The highest BCUT2D eigenvalue weighted by molar-refractivity contribution is 7.91. The minimum absolute atomic E-state index is 0.0537. The number of carbonyl (C=O) groups excluding carboxylic acids is 2. The van der Waals surface area contributed by atoms with Gasteiger partial charge in [0.1, 0.15) is 0 Å². The monoisotopic (exact) mass is 525 g/mol. The molecule has 10 heteroatoms. The molecule has 188 valence electrons. The highest BCUT2D eigenvalue weighted by Gasteiger charge is 2.46. The molecule has 1 amide bonds. The fourth-order valence-electron chi connectivity index (χ4n) is 3.93. The van der Waals surface area contributed by atoms with Crippen LogP contribution in [0.1, 0.15) is 52.9 Å². The molecular formula is C26H27N3O5S2. The third-order valence-corrected chi connectivity index (χ3v) is 9.35. The first kappa shape index (κ1) is 25.7. The van der Waals surface area contributed by atoms with Crippen LogP contribution in [0.4, 0.5) is 5.13 Å². The maximum Gasteiger partial charge on any atom is 0.296 e. The Kier molecular flexibility index (Phi) is 6.87. The van der Waals surface area contributed by atoms with Crippen LogP contribution in [0.15, 0.2) is 70.3 Å². The van der Waals surface area contributed by atoms with Crippen LogP contribution in [0.25, 0.3) is 0 Å². The number of aliphatic hydroxyl groups excluding tert-OH is 1. The van der Waals surface area contributed by atoms with Crippen LogP contribution < -0.4 is 4.90 Å². The van der Waals surface area contributed by atoms with Gasteiger partial charge in [-0.15, -0.1) is 0 Å². The van der Waals surface area contributed by atoms with E-state index in [4.69, 9.17) is 0 Å². The average molecular weight is 526 g/mol. The van der Waals surface area contributed by atoms with Crippen molar-refractivity contribution in [2.24, 2.45) is 0 Å². The van der Waals surface area contributed by atoms with Gasteiger partial charge in [-0.05, 0) is 24.0 Å². The number of benzene rings is 2. The van der Waals surface area contributed by atoms with Gasteiger partial charge in [0.15, 0.2) is 20.9 Å². The van der Waals surface area contributed by atoms with Crippen molar-refractivity contribution in [2.75, 3.05) is 19.0 Å². The van der Waals surface area contributed by atoms with E-state index >= 15 is 0 Å². The Morgan fingerprint density at radius 1 is 1.08 bits per heavy atom. The number of rotatable bonds is 7. The smallest absolute Gasteiger partial charge is 0.296 e. The third kappa shape index (κ3) is 4.47.